The summed E-state index contributed by atoms with van der Waals surface area (Å²) in [5.41, 5.74) is 6.02. The average Bonchev–Trinajstić information content (AvgIpc) is 1.94. The molecule has 0 saturated heterocycles. The molecule has 4 heteroatoms. The Labute approximate surface area is 69.2 Å². The average molecular weight is 171 g/mol. The van der Waals surface area contributed by atoms with Crippen LogP contribution in [-0.2, 0) is 0 Å². The fourth-order valence-electron chi connectivity index (χ4n) is 0.641. The normalized spacial score (nSPS) is 9.64. The second-order valence-corrected chi connectivity index (χ2v) is 2.56. The summed E-state index contributed by atoms with van der Waals surface area (Å²) >= 11 is 5.69. The first-order valence-electron chi connectivity index (χ1n) is 3.03. The zero-order chi connectivity index (χ0) is 8.43. The van der Waals surface area contributed by atoms with E-state index in [1.54, 1.807) is 6.92 Å². The first-order chi connectivity index (χ1) is 5.11. The van der Waals surface area contributed by atoms with Crippen molar-refractivity contribution in [3.05, 3.63) is 28.5 Å². The van der Waals surface area contributed by atoms with Crippen LogP contribution in [-0.4, -0.2) is 10.9 Å². The molecule has 1 amide bonds. The fourth-order valence-corrected chi connectivity index (χ4v) is 0.807. The molecule has 3 nitrogen and oxygen atoms in total. The third-order valence-electron chi connectivity index (χ3n) is 1.31. The first-order valence-corrected chi connectivity index (χ1v) is 3.41. The maximum atomic E-state index is 10.6. The summed E-state index contributed by atoms with van der Waals surface area (Å²) in [6.45, 7) is 1.76. The quantitative estimate of drug-likeness (QED) is 0.687. The maximum Gasteiger partial charge on any atom is 0.250 e. The molecular weight excluding hydrogens is 164 g/mol. The van der Waals surface area contributed by atoms with Crippen LogP contribution in [0.5, 0.6) is 0 Å². The smallest absolute Gasteiger partial charge is 0.250 e. The Balaban J connectivity index is 3.15. The molecule has 2 N–H and O–H groups in total. The van der Waals surface area contributed by atoms with Crippen LogP contribution >= 0.6 is 11.6 Å². The molecule has 1 aromatic rings. The van der Waals surface area contributed by atoms with E-state index in [2.05, 4.69) is 4.98 Å². The van der Waals surface area contributed by atoms with Crippen molar-refractivity contribution >= 4 is 17.5 Å². The van der Waals surface area contributed by atoms with Crippen molar-refractivity contribution in [3.63, 3.8) is 0 Å². The van der Waals surface area contributed by atoms with Gasteiger partial charge in [0.25, 0.3) is 0 Å². The summed E-state index contributed by atoms with van der Waals surface area (Å²) < 4.78 is 0. The molecule has 0 saturated carbocycles. The second kappa shape index (κ2) is 2.88. The van der Waals surface area contributed by atoms with Gasteiger partial charge < -0.3 is 5.73 Å². The van der Waals surface area contributed by atoms with E-state index in [4.69, 9.17) is 17.3 Å². The number of carbonyl (C=O) groups excluding carboxylic acids is 1. The monoisotopic (exact) mass is 170 g/mol. The van der Waals surface area contributed by atoms with Gasteiger partial charge in [-0.05, 0) is 13.0 Å². The zero-order valence-corrected chi connectivity index (χ0v) is 6.72. The van der Waals surface area contributed by atoms with Crippen LogP contribution in [0.25, 0.3) is 0 Å². The first kappa shape index (κ1) is 8.01. The standard InChI is InChI=1S/C7H7ClN2O/c1-4-6(8)2-5(3-10-4)7(9)11/h2-3H,1H3,(H2,9,11). The van der Waals surface area contributed by atoms with Crippen LogP contribution in [0.15, 0.2) is 12.3 Å². The van der Waals surface area contributed by atoms with Crippen LogP contribution < -0.4 is 5.73 Å². The lowest BCUT2D eigenvalue weighted by molar-refractivity contribution is 0.1000. The zero-order valence-electron chi connectivity index (χ0n) is 5.97. The molecule has 1 aromatic heterocycles. The van der Waals surface area contributed by atoms with E-state index in [9.17, 15) is 4.79 Å². The Hall–Kier alpha value is -1.09. The van der Waals surface area contributed by atoms with Gasteiger partial charge in [-0.3, -0.25) is 9.78 Å². The third kappa shape index (κ3) is 1.68. The van der Waals surface area contributed by atoms with Crippen molar-refractivity contribution in [1.29, 1.82) is 0 Å². The number of aromatic nitrogens is 1. The molecular formula is C7H7ClN2O. The van der Waals surface area contributed by atoms with Gasteiger partial charge in [-0.25, -0.2) is 0 Å². The number of rotatable bonds is 1. The molecule has 1 heterocycles. The van der Waals surface area contributed by atoms with Crippen LogP contribution in [0.1, 0.15) is 16.1 Å². The van der Waals surface area contributed by atoms with Gasteiger partial charge in [0.2, 0.25) is 5.91 Å². The Morgan fingerprint density at radius 2 is 2.36 bits per heavy atom. The lowest BCUT2D eigenvalue weighted by Crippen LogP contribution is -2.11. The molecule has 0 fully saturated rings. The number of amides is 1. The number of hydrogen-bond acceptors (Lipinski definition) is 2. The molecule has 11 heavy (non-hydrogen) atoms. The van der Waals surface area contributed by atoms with Crippen molar-refractivity contribution in [2.75, 3.05) is 0 Å². The van der Waals surface area contributed by atoms with Gasteiger partial charge in [0.1, 0.15) is 0 Å². The molecule has 0 aliphatic carbocycles. The number of hydrogen-bond donors (Lipinski definition) is 1. The van der Waals surface area contributed by atoms with E-state index >= 15 is 0 Å². The van der Waals surface area contributed by atoms with Crippen molar-refractivity contribution in [2.45, 2.75) is 6.92 Å². The van der Waals surface area contributed by atoms with Crippen LogP contribution in [0.3, 0.4) is 0 Å². The number of pyridine rings is 1. The maximum absolute atomic E-state index is 10.6. The number of primary amides is 1. The minimum Gasteiger partial charge on any atom is -0.366 e. The summed E-state index contributed by atoms with van der Waals surface area (Å²) in [5, 5.41) is 0.460. The predicted octanol–water partition coefficient (Wildman–Crippen LogP) is 1.14. The highest BCUT2D eigenvalue weighted by molar-refractivity contribution is 6.31. The van der Waals surface area contributed by atoms with Crippen molar-refractivity contribution in [3.8, 4) is 0 Å². The minimum absolute atomic E-state index is 0.334. The van der Waals surface area contributed by atoms with Gasteiger partial charge in [-0.1, -0.05) is 11.6 Å². The van der Waals surface area contributed by atoms with Crippen LogP contribution in [0.2, 0.25) is 5.02 Å². The van der Waals surface area contributed by atoms with E-state index in [0.717, 1.165) is 0 Å². The van der Waals surface area contributed by atoms with E-state index in [-0.39, 0.29) is 0 Å². The summed E-state index contributed by atoms with van der Waals surface area (Å²) in [7, 11) is 0. The van der Waals surface area contributed by atoms with Gasteiger partial charge in [0, 0.05) is 6.20 Å². The number of halogens is 1. The van der Waals surface area contributed by atoms with Crippen molar-refractivity contribution in [2.24, 2.45) is 5.73 Å². The minimum atomic E-state index is -0.514. The van der Waals surface area contributed by atoms with Crippen LogP contribution in [0, 0.1) is 6.92 Å². The number of nitrogens with zero attached hydrogens (tertiary/aromatic N) is 1. The Bertz CT molecular complexity index is 298. The van der Waals surface area contributed by atoms with Crippen molar-refractivity contribution < 1.29 is 4.79 Å². The third-order valence-corrected chi connectivity index (χ3v) is 1.69. The SMILES string of the molecule is Cc1ncc(C(N)=O)cc1Cl. The Kier molecular flexibility index (Phi) is 2.10. The van der Waals surface area contributed by atoms with Crippen molar-refractivity contribution in [1.82, 2.24) is 4.98 Å². The lowest BCUT2D eigenvalue weighted by Gasteiger charge is -1.97. The summed E-state index contributed by atoms with van der Waals surface area (Å²) in [6.07, 6.45) is 1.41. The summed E-state index contributed by atoms with van der Waals surface area (Å²) in [6, 6.07) is 1.51. The molecule has 0 atom stereocenters. The molecule has 0 radical (unpaired) electrons. The van der Waals surface area contributed by atoms with E-state index in [1.807, 2.05) is 0 Å². The molecule has 0 spiro atoms. The molecule has 0 bridgehead atoms. The fraction of sp³-hybridized carbons (Fsp3) is 0.143. The molecule has 0 unspecified atom stereocenters. The van der Waals surface area contributed by atoms with Gasteiger partial charge in [0.15, 0.2) is 0 Å². The van der Waals surface area contributed by atoms with Gasteiger partial charge in [-0.2, -0.15) is 0 Å². The lowest BCUT2D eigenvalue weighted by atomic mass is 10.2. The van der Waals surface area contributed by atoms with Gasteiger partial charge in [0.05, 0.1) is 16.3 Å². The Morgan fingerprint density at radius 1 is 1.73 bits per heavy atom. The Morgan fingerprint density at radius 3 is 2.82 bits per heavy atom. The topological polar surface area (TPSA) is 56.0 Å². The number of aryl methyl sites for hydroxylation is 1. The molecule has 58 valence electrons. The van der Waals surface area contributed by atoms with E-state index < -0.39 is 5.91 Å². The highest BCUT2D eigenvalue weighted by Gasteiger charge is 2.02. The number of carbonyl (C=O) groups is 1. The van der Waals surface area contributed by atoms with Crippen LogP contribution in [0.4, 0.5) is 0 Å². The largest absolute Gasteiger partial charge is 0.366 e. The predicted molar refractivity (Wildman–Crippen MR) is 42.5 cm³/mol. The highest BCUT2D eigenvalue weighted by atomic mass is 35.5. The highest BCUT2D eigenvalue weighted by Crippen LogP contribution is 2.13. The molecule has 0 aliphatic rings. The summed E-state index contributed by atoms with van der Waals surface area (Å²) in [4.78, 5) is 14.5. The molecule has 0 aliphatic heterocycles. The second-order valence-electron chi connectivity index (χ2n) is 2.16. The van der Waals surface area contributed by atoms with Gasteiger partial charge in [-0.15, -0.1) is 0 Å². The van der Waals surface area contributed by atoms with Gasteiger partial charge >= 0.3 is 0 Å². The molecule has 0 aromatic carbocycles. The van der Waals surface area contributed by atoms with E-state index in [0.29, 0.717) is 16.3 Å². The number of nitrogens with two attached hydrogens (primary N) is 1. The van der Waals surface area contributed by atoms with E-state index in [1.165, 1.54) is 12.3 Å². The molecule has 1 rings (SSSR count). The summed E-state index contributed by atoms with van der Waals surface area (Å²) in [5.74, 6) is -0.514.